The molecule has 0 amide bonds. The third kappa shape index (κ3) is 3.59. The van der Waals surface area contributed by atoms with E-state index in [-0.39, 0.29) is 0 Å². The van der Waals surface area contributed by atoms with Gasteiger partial charge in [-0.25, -0.2) is 9.97 Å². The maximum Gasteiger partial charge on any atom is 0.135 e. The number of anilines is 1. The number of aromatic nitrogens is 2. The number of hydrogen-bond donors (Lipinski definition) is 0. The van der Waals surface area contributed by atoms with Crippen LogP contribution in [0, 0.1) is 0 Å². The van der Waals surface area contributed by atoms with Gasteiger partial charge in [0.25, 0.3) is 0 Å². The molecule has 0 fully saturated rings. The molecule has 0 aromatic carbocycles. The Morgan fingerprint density at radius 3 is 2.74 bits per heavy atom. The highest BCUT2D eigenvalue weighted by Crippen LogP contribution is 2.27. The number of alkyl halides is 1. The second-order valence-corrected chi connectivity index (χ2v) is 5.89. The van der Waals surface area contributed by atoms with Crippen molar-refractivity contribution in [2.75, 3.05) is 17.3 Å². The van der Waals surface area contributed by atoms with E-state index in [1.165, 1.54) is 30.5 Å². The van der Waals surface area contributed by atoms with E-state index in [4.69, 9.17) is 11.6 Å². The molecule has 3 nitrogen and oxygen atoms in total. The second kappa shape index (κ2) is 7.09. The Bertz CT molecular complexity index is 406. The Hall–Kier alpha value is -0.830. The summed E-state index contributed by atoms with van der Waals surface area (Å²) in [5.41, 5.74) is 2.64. The summed E-state index contributed by atoms with van der Waals surface area (Å²) in [7, 11) is 0. The highest BCUT2D eigenvalue weighted by molar-refractivity contribution is 6.17. The van der Waals surface area contributed by atoms with Crippen molar-refractivity contribution in [2.24, 2.45) is 0 Å². The summed E-state index contributed by atoms with van der Waals surface area (Å²) in [5.74, 6) is 1.85. The van der Waals surface area contributed by atoms with E-state index in [9.17, 15) is 0 Å². The van der Waals surface area contributed by atoms with Crippen LogP contribution < -0.4 is 4.90 Å². The van der Waals surface area contributed by atoms with Crippen molar-refractivity contribution in [3.63, 3.8) is 0 Å². The van der Waals surface area contributed by atoms with E-state index in [2.05, 4.69) is 28.7 Å². The van der Waals surface area contributed by atoms with Gasteiger partial charge < -0.3 is 4.90 Å². The maximum atomic E-state index is 5.85. The first-order chi connectivity index (χ1) is 9.24. The quantitative estimate of drug-likeness (QED) is 0.610. The lowest BCUT2D eigenvalue weighted by molar-refractivity contribution is 0.654. The standard InChI is InChI=1S/C15H24ClN3/c1-12(2)19(10-6-9-16)15-13-7-4-3-5-8-14(13)17-11-18-15/h11-12H,3-10H2,1-2H3. The fourth-order valence-corrected chi connectivity index (χ4v) is 2.89. The Balaban J connectivity index is 2.31. The molecule has 106 valence electrons. The molecule has 0 bridgehead atoms. The fourth-order valence-electron chi connectivity index (χ4n) is 2.77. The van der Waals surface area contributed by atoms with Crippen LogP contribution in [0.25, 0.3) is 0 Å². The lowest BCUT2D eigenvalue weighted by Crippen LogP contribution is -2.34. The minimum absolute atomic E-state index is 0.450. The van der Waals surface area contributed by atoms with Crippen molar-refractivity contribution >= 4 is 17.4 Å². The van der Waals surface area contributed by atoms with Gasteiger partial charge in [-0.3, -0.25) is 0 Å². The van der Waals surface area contributed by atoms with Crippen LogP contribution in [0.15, 0.2) is 6.33 Å². The lowest BCUT2D eigenvalue weighted by atomic mass is 10.1. The van der Waals surface area contributed by atoms with E-state index in [1.54, 1.807) is 6.33 Å². The lowest BCUT2D eigenvalue weighted by Gasteiger charge is -2.30. The largest absolute Gasteiger partial charge is 0.354 e. The molecule has 1 aromatic rings. The zero-order valence-corrected chi connectivity index (χ0v) is 12.8. The Morgan fingerprint density at radius 2 is 2.00 bits per heavy atom. The van der Waals surface area contributed by atoms with Crippen LogP contribution in [0.3, 0.4) is 0 Å². The van der Waals surface area contributed by atoms with Crippen molar-refractivity contribution in [1.82, 2.24) is 9.97 Å². The molecular formula is C15H24ClN3. The zero-order chi connectivity index (χ0) is 13.7. The second-order valence-electron chi connectivity index (χ2n) is 5.51. The van der Waals surface area contributed by atoms with Gasteiger partial charge in [-0.1, -0.05) is 6.42 Å². The summed E-state index contributed by atoms with van der Waals surface area (Å²) in [4.78, 5) is 11.5. The average Bonchev–Trinajstić information content (AvgIpc) is 2.64. The number of rotatable bonds is 5. The summed E-state index contributed by atoms with van der Waals surface area (Å²) in [6.07, 6.45) is 8.77. The Morgan fingerprint density at radius 1 is 1.21 bits per heavy atom. The van der Waals surface area contributed by atoms with Crippen molar-refractivity contribution < 1.29 is 0 Å². The van der Waals surface area contributed by atoms with Crippen LogP contribution in [0.1, 0.15) is 50.8 Å². The topological polar surface area (TPSA) is 29.0 Å². The van der Waals surface area contributed by atoms with Crippen LogP contribution in [0.5, 0.6) is 0 Å². The first-order valence-corrected chi connectivity index (χ1v) is 7.93. The monoisotopic (exact) mass is 281 g/mol. The van der Waals surface area contributed by atoms with E-state index in [0.29, 0.717) is 11.9 Å². The highest BCUT2D eigenvalue weighted by Gasteiger charge is 2.20. The molecule has 0 unspecified atom stereocenters. The number of nitrogens with zero attached hydrogens (tertiary/aromatic N) is 3. The Labute approximate surface area is 121 Å². The molecule has 1 aliphatic rings. The summed E-state index contributed by atoms with van der Waals surface area (Å²) in [6, 6.07) is 0.450. The minimum atomic E-state index is 0.450. The SMILES string of the molecule is CC(C)N(CCCCl)c1ncnc2c1CCCCC2. The van der Waals surface area contributed by atoms with Gasteiger partial charge in [-0.05, 0) is 46.0 Å². The van der Waals surface area contributed by atoms with E-state index in [0.717, 1.165) is 31.6 Å². The van der Waals surface area contributed by atoms with Crippen LogP contribution in [-0.2, 0) is 12.8 Å². The molecular weight excluding hydrogens is 258 g/mol. The molecule has 0 radical (unpaired) electrons. The molecule has 0 N–H and O–H groups in total. The average molecular weight is 282 g/mol. The first-order valence-electron chi connectivity index (χ1n) is 7.39. The predicted octanol–water partition coefficient (Wildman–Crippen LogP) is 3.59. The van der Waals surface area contributed by atoms with Gasteiger partial charge >= 0.3 is 0 Å². The smallest absolute Gasteiger partial charge is 0.135 e. The highest BCUT2D eigenvalue weighted by atomic mass is 35.5. The molecule has 0 saturated heterocycles. The molecule has 1 aromatic heterocycles. The van der Waals surface area contributed by atoms with Gasteiger partial charge in [-0.2, -0.15) is 0 Å². The summed E-state index contributed by atoms with van der Waals surface area (Å²) in [5, 5.41) is 0. The number of aryl methyl sites for hydroxylation is 1. The van der Waals surface area contributed by atoms with Gasteiger partial charge in [0.2, 0.25) is 0 Å². The van der Waals surface area contributed by atoms with Crippen LogP contribution in [0.2, 0.25) is 0 Å². The number of halogens is 1. The summed E-state index contributed by atoms with van der Waals surface area (Å²) < 4.78 is 0. The van der Waals surface area contributed by atoms with Crippen molar-refractivity contribution in [3.8, 4) is 0 Å². The van der Waals surface area contributed by atoms with Crippen LogP contribution in [-0.4, -0.2) is 28.4 Å². The molecule has 2 rings (SSSR count). The van der Waals surface area contributed by atoms with Gasteiger partial charge in [-0.15, -0.1) is 11.6 Å². The van der Waals surface area contributed by atoms with Crippen molar-refractivity contribution in [3.05, 3.63) is 17.6 Å². The third-order valence-corrected chi connectivity index (χ3v) is 4.05. The predicted molar refractivity (Wildman–Crippen MR) is 81.1 cm³/mol. The minimum Gasteiger partial charge on any atom is -0.354 e. The molecule has 0 saturated carbocycles. The normalized spacial score (nSPS) is 15.2. The van der Waals surface area contributed by atoms with Crippen LogP contribution >= 0.6 is 11.6 Å². The molecule has 1 heterocycles. The fraction of sp³-hybridized carbons (Fsp3) is 0.733. The van der Waals surface area contributed by atoms with E-state index < -0.39 is 0 Å². The maximum absolute atomic E-state index is 5.85. The number of fused-ring (bicyclic) bond motifs is 1. The molecule has 0 spiro atoms. The van der Waals surface area contributed by atoms with Gasteiger partial charge in [0.05, 0.1) is 0 Å². The van der Waals surface area contributed by atoms with E-state index in [1.807, 2.05) is 0 Å². The molecule has 4 heteroatoms. The molecule has 1 aliphatic carbocycles. The zero-order valence-electron chi connectivity index (χ0n) is 12.0. The Kier molecular flexibility index (Phi) is 5.44. The van der Waals surface area contributed by atoms with Gasteiger partial charge in [0.1, 0.15) is 12.1 Å². The molecule has 19 heavy (non-hydrogen) atoms. The number of hydrogen-bond acceptors (Lipinski definition) is 3. The summed E-state index contributed by atoms with van der Waals surface area (Å²) in [6.45, 7) is 5.42. The van der Waals surface area contributed by atoms with Crippen molar-refractivity contribution in [2.45, 2.75) is 58.4 Å². The molecule has 0 atom stereocenters. The van der Waals surface area contributed by atoms with Gasteiger partial charge in [0.15, 0.2) is 0 Å². The van der Waals surface area contributed by atoms with Gasteiger partial charge in [0, 0.05) is 29.7 Å². The van der Waals surface area contributed by atoms with E-state index >= 15 is 0 Å². The molecule has 0 aliphatic heterocycles. The first kappa shape index (κ1) is 14.6. The summed E-state index contributed by atoms with van der Waals surface area (Å²) >= 11 is 5.85. The van der Waals surface area contributed by atoms with Crippen LogP contribution in [0.4, 0.5) is 5.82 Å². The third-order valence-electron chi connectivity index (χ3n) is 3.78. The van der Waals surface area contributed by atoms with Crippen molar-refractivity contribution in [1.29, 1.82) is 0 Å².